The third-order valence-corrected chi connectivity index (χ3v) is 10.8. The number of aromatic hydroxyl groups is 1. The molecule has 0 aromatic heterocycles. The quantitative estimate of drug-likeness (QED) is 0.307. The Balaban J connectivity index is 1.19. The van der Waals surface area contributed by atoms with Crippen LogP contribution in [0, 0.1) is 28.6 Å². The number of phenols is 1. The molecule has 0 spiro atoms. The van der Waals surface area contributed by atoms with E-state index in [1.54, 1.807) is 19.1 Å². The molecule has 1 amide bonds. The van der Waals surface area contributed by atoms with Crippen molar-refractivity contribution in [3.63, 3.8) is 0 Å². The van der Waals surface area contributed by atoms with Gasteiger partial charge in [0.05, 0.1) is 12.2 Å². The fraction of sp³-hybridized carbons (Fsp3) is 0.606. The number of nitrogens with zero attached hydrogens (tertiary/aromatic N) is 1. The molecule has 3 fully saturated rings. The molecule has 8 nitrogen and oxygen atoms in total. The van der Waals surface area contributed by atoms with Gasteiger partial charge in [-0.3, -0.25) is 4.79 Å². The number of benzene rings is 1. The average Bonchev–Trinajstić information content (AvgIpc) is 3.18. The first-order valence-electron chi connectivity index (χ1n) is 15.0. The SMILES string of the molecule is CCOC(=O)[C@H](Cc1ccc(O)cc1)NC(=O)CON=C1C=C[C@@]2(C)C(=C1)CC[C@H]1[C@H]3CC[C@](C)(O)[C@@]3(C)CC[C@@H]12. The molecule has 4 aliphatic rings. The average molecular weight is 565 g/mol. The monoisotopic (exact) mass is 564 g/mol. The number of nitrogens with one attached hydrogen (secondary N) is 1. The third-order valence-electron chi connectivity index (χ3n) is 10.8. The number of ether oxygens (including phenoxy) is 1. The minimum absolute atomic E-state index is 0.00149. The molecule has 7 atom stereocenters. The number of phenolic OH excluding ortho intramolecular Hbond substituents is 1. The number of hydrogen-bond acceptors (Lipinski definition) is 7. The number of hydrogen-bond donors (Lipinski definition) is 3. The molecule has 3 N–H and O–H groups in total. The Morgan fingerprint density at radius 3 is 2.56 bits per heavy atom. The van der Waals surface area contributed by atoms with Gasteiger partial charge < -0.3 is 25.1 Å². The summed E-state index contributed by atoms with van der Waals surface area (Å²) in [6, 6.07) is 5.59. The van der Waals surface area contributed by atoms with Gasteiger partial charge >= 0.3 is 5.97 Å². The van der Waals surface area contributed by atoms with Crippen LogP contribution in [-0.2, 0) is 25.6 Å². The van der Waals surface area contributed by atoms with E-state index in [0.29, 0.717) is 23.5 Å². The van der Waals surface area contributed by atoms with Crippen LogP contribution in [0.3, 0.4) is 0 Å². The van der Waals surface area contributed by atoms with Gasteiger partial charge in [0, 0.05) is 11.8 Å². The van der Waals surface area contributed by atoms with Crippen LogP contribution in [0.25, 0.3) is 0 Å². The number of fused-ring (bicyclic) bond motifs is 5. The van der Waals surface area contributed by atoms with Crippen LogP contribution in [0.4, 0.5) is 0 Å². The zero-order valence-electron chi connectivity index (χ0n) is 24.7. The third kappa shape index (κ3) is 5.55. The van der Waals surface area contributed by atoms with Crippen molar-refractivity contribution in [3.05, 3.63) is 53.6 Å². The van der Waals surface area contributed by atoms with Crippen molar-refractivity contribution < 1.29 is 29.4 Å². The lowest BCUT2D eigenvalue weighted by atomic mass is 9.47. The van der Waals surface area contributed by atoms with Gasteiger partial charge in [-0.15, -0.1) is 0 Å². The molecule has 222 valence electrons. The van der Waals surface area contributed by atoms with Crippen molar-refractivity contribution in [3.8, 4) is 5.75 Å². The largest absolute Gasteiger partial charge is 0.508 e. The lowest BCUT2D eigenvalue weighted by Gasteiger charge is -2.58. The summed E-state index contributed by atoms with van der Waals surface area (Å²) in [7, 11) is 0. The summed E-state index contributed by atoms with van der Waals surface area (Å²) in [4.78, 5) is 30.5. The highest BCUT2D eigenvalue weighted by atomic mass is 16.6. The molecular weight excluding hydrogens is 520 g/mol. The fourth-order valence-corrected chi connectivity index (χ4v) is 8.21. The van der Waals surface area contributed by atoms with Crippen molar-refractivity contribution in [1.29, 1.82) is 0 Å². The summed E-state index contributed by atoms with van der Waals surface area (Å²) in [6.07, 6.45) is 12.9. The highest BCUT2D eigenvalue weighted by Gasteiger charge is 2.62. The number of amides is 1. The molecule has 0 aliphatic heterocycles. The Hall–Kier alpha value is -3.13. The number of esters is 1. The molecule has 5 rings (SSSR count). The first kappa shape index (κ1) is 29.4. The molecule has 0 unspecified atom stereocenters. The minimum Gasteiger partial charge on any atom is -0.508 e. The number of allylic oxidation sites excluding steroid dienone is 4. The van der Waals surface area contributed by atoms with E-state index in [2.05, 4.69) is 36.5 Å². The second-order valence-corrected chi connectivity index (χ2v) is 13.0. The molecule has 41 heavy (non-hydrogen) atoms. The van der Waals surface area contributed by atoms with E-state index < -0.39 is 23.5 Å². The van der Waals surface area contributed by atoms with Gasteiger partial charge in [0.15, 0.2) is 6.61 Å². The topological polar surface area (TPSA) is 117 Å². The van der Waals surface area contributed by atoms with Gasteiger partial charge in [-0.05, 0) is 105 Å². The molecule has 8 heteroatoms. The van der Waals surface area contributed by atoms with Crippen molar-refractivity contribution in [2.45, 2.75) is 84.3 Å². The Bertz CT molecular complexity index is 1250. The van der Waals surface area contributed by atoms with Crippen molar-refractivity contribution in [2.75, 3.05) is 13.2 Å². The first-order valence-corrected chi connectivity index (χ1v) is 15.0. The van der Waals surface area contributed by atoms with Gasteiger partial charge in [0.1, 0.15) is 17.5 Å². The predicted octanol–water partition coefficient (Wildman–Crippen LogP) is 4.85. The molecule has 1 aromatic carbocycles. The van der Waals surface area contributed by atoms with E-state index in [1.165, 1.54) is 17.7 Å². The molecule has 0 bridgehead atoms. The minimum atomic E-state index is -0.878. The number of rotatable bonds is 8. The Kier molecular flexibility index (Phi) is 8.07. The van der Waals surface area contributed by atoms with Crippen LogP contribution in [-0.4, -0.2) is 52.7 Å². The molecule has 0 saturated heterocycles. The van der Waals surface area contributed by atoms with E-state index >= 15 is 0 Å². The number of aliphatic hydroxyl groups is 1. The van der Waals surface area contributed by atoms with Gasteiger partial charge in [0.25, 0.3) is 5.91 Å². The lowest BCUT2D eigenvalue weighted by molar-refractivity contribution is -0.147. The van der Waals surface area contributed by atoms with Gasteiger partial charge in [-0.1, -0.05) is 42.8 Å². The smallest absolute Gasteiger partial charge is 0.328 e. The molecule has 3 saturated carbocycles. The van der Waals surface area contributed by atoms with Crippen molar-refractivity contribution in [1.82, 2.24) is 5.32 Å². The molecule has 1 aromatic rings. The summed E-state index contributed by atoms with van der Waals surface area (Å²) in [6.45, 7) is 8.29. The summed E-state index contributed by atoms with van der Waals surface area (Å²) in [5.41, 5.74) is 2.21. The standard InChI is InChI=1S/C33H44N2O6/c1-5-40-30(38)28(18-21-6-9-24(36)10-7-21)34-29(37)20-41-35-23-12-15-31(2)22(19-23)8-11-25-26(31)13-16-32(3)27(25)14-17-33(32,4)39/h6-7,9-10,12,15,19,25-28,36,39H,5,8,11,13-14,16-18,20H2,1-4H3,(H,34,37)/t25-,26+,27-,28+,31+,32+,33+/m1/s1. The van der Waals surface area contributed by atoms with Crippen LogP contribution in [0.2, 0.25) is 0 Å². The van der Waals surface area contributed by atoms with E-state index in [-0.39, 0.29) is 36.2 Å². The first-order chi connectivity index (χ1) is 19.5. The zero-order chi connectivity index (χ0) is 29.4. The van der Waals surface area contributed by atoms with Gasteiger partial charge in [0.2, 0.25) is 0 Å². The summed E-state index contributed by atoms with van der Waals surface area (Å²) < 4.78 is 5.14. The maximum Gasteiger partial charge on any atom is 0.328 e. The van der Waals surface area contributed by atoms with Gasteiger partial charge in [-0.2, -0.15) is 0 Å². The fourth-order valence-electron chi connectivity index (χ4n) is 8.21. The normalized spacial score (nSPS) is 35.5. The Labute approximate surface area is 242 Å². The molecular formula is C33H44N2O6. The Morgan fingerprint density at radius 2 is 1.83 bits per heavy atom. The van der Waals surface area contributed by atoms with E-state index in [9.17, 15) is 19.8 Å². The van der Waals surface area contributed by atoms with Crippen LogP contribution < -0.4 is 5.32 Å². The van der Waals surface area contributed by atoms with Crippen LogP contribution in [0.15, 0.2) is 53.2 Å². The van der Waals surface area contributed by atoms with Gasteiger partial charge in [-0.25, -0.2) is 4.79 Å². The van der Waals surface area contributed by atoms with Crippen LogP contribution in [0.1, 0.15) is 71.8 Å². The maximum atomic E-state index is 12.6. The van der Waals surface area contributed by atoms with Crippen molar-refractivity contribution >= 4 is 17.6 Å². The second kappa shape index (κ2) is 11.3. The van der Waals surface area contributed by atoms with E-state index in [1.807, 2.05) is 13.0 Å². The second-order valence-electron chi connectivity index (χ2n) is 13.0. The highest BCUT2D eigenvalue weighted by molar-refractivity contribution is 6.05. The van der Waals surface area contributed by atoms with Crippen LogP contribution in [0.5, 0.6) is 5.75 Å². The number of oxime groups is 1. The molecule has 4 aliphatic carbocycles. The lowest BCUT2D eigenvalue weighted by Crippen LogP contribution is -2.53. The van der Waals surface area contributed by atoms with E-state index in [4.69, 9.17) is 9.57 Å². The Morgan fingerprint density at radius 1 is 1.10 bits per heavy atom. The zero-order valence-corrected chi connectivity index (χ0v) is 24.7. The molecule has 0 heterocycles. The van der Waals surface area contributed by atoms with Crippen LogP contribution >= 0.6 is 0 Å². The molecule has 0 radical (unpaired) electrons. The van der Waals surface area contributed by atoms with E-state index in [0.717, 1.165) is 44.1 Å². The summed E-state index contributed by atoms with van der Waals surface area (Å²) >= 11 is 0. The maximum absolute atomic E-state index is 12.6. The number of carbonyl (C=O) groups excluding carboxylic acids is 2. The summed E-state index contributed by atoms with van der Waals surface area (Å²) in [5, 5.41) is 27.6. The predicted molar refractivity (Wildman–Crippen MR) is 156 cm³/mol. The summed E-state index contributed by atoms with van der Waals surface area (Å²) in [5.74, 6) is 0.852. The van der Waals surface area contributed by atoms with Crippen molar-refractivity contribution in [2.24, 2.45) is 33.7 Å². The number of carbonyl (C=O) groups is 2. The highest BCUT2D eigenvalue weighted by Crippen LogP contribution is 2.66.